The molecule has 7 heterocycles. The van der Waals surface area contributed by atoms with Gasteiger partial charge in [-0.2, -0.15) is 0 Å². The molecule has 4 N–H and O–H groups in total. The van der Waals surface area contributed by atoms with E-state index in [1.807, 2.05) is 30.3 Å². The maximum atomic E-state index is 14.2. The summed E-state index contributed by atoms with van der Waals surface area (Å²) in [5.41, 5.74) is 8.37. The van der Waals surface area contributed by atoms with Crippen molar-refractivity contribution in [3.63, 3.8) is 0 Å². The molecule has 4 fully saturated rings. The number of piperazine rings is 1. The molecule has 4 aromatic carbocycles. The highest BCUT2D eigenvalue weighted by atomic mass is 35.5. The second-order valence-electron chi connectivity index (χ2n) is 26.4. The van der Waals surface area contributed by atoms with Crippen molar-refractivity contribution >= 4 is 78.9 Å². The number of fused-ring (bicyclic) bond motifs is 2. The third-order valence-corrected chi connectivity index (χ3v) is 21.3. The lowest BCUT2D eigenvalue weighted by Gasteiger charge is -2.42. The summed E-state index contributed by atoms with van der Waals surface area (Å²) in [5, 5.41) is 19.7. The fourth-order valence-electron chi connectivity index (χ4n) is 14.4. The van der Waals surface area contributed by atoms with E-state index in [2.05, 4.69) is 77.0 Å². The summed E-state index contributed by atoms with van der Waals surface area (Å²) in [5.74, 6) is -1.02. The minimum atomic E-state index is -4.61. The first kappa shape index (κ1) is 63.5. The Morgan fingerprint density at radius 3 is 2.40 bits per heavy atom. The Kier molecular flexibility index (Phi) is 19.3. The highest BCUT2D eigenvalue weighted by Gasteiger charge is 2.40. The number of likely N-dealkylation sites (tertiary alicyclic amines) is 2. The number of rotatable bonds is 22. The van der Waals surface area contributed by atoms with Crippen molar-refractivity contribution in [1.82, 2.24) is 39.6 Å². The summed E-state index contributed by atoms with van der Waals surface area (Å²) < 4.78 is 36.6. The van der Waals surface area contributed by atoms with Gasteiger partial charge in [-0.05, 0) is 192 Å². The lowest BCUT2D eigenvalue weighted by atomic mass is 9.72. The van der Waals surface area contributed by atoms with Crippen molar-refractivity contribution in [1.29, 1.82) is 0 Å². The van der Waals surface area contributed by atoms with E-state index in [-0.39, 0.29) is 52.5 Å². The van der Waals surface area contributed by atoms with Crippen molar-refractivity contribution < 1.29 is 37.3 Å². The van der Waals surface area contributed by atoms with E-state index in [1.54, 1.807) is 35.4 Å². The number of imide groups is 1. The van der Waals surface area contributed by atoms with Gasteiger partial charge in [0, 0.05) is 98.3 Å². The molecule has 5 aliphatic heterocycles. The number of aryl methyl sites for hydroxylation is 1. The Morgan fingerprint density at radius 2 is 1.63 bits per heavy atom. The third kappa shape index (κ3) is 15.0. The second kappa shape index (κ2) is 27.6. The molecule has 1 atom stereocenters. The normalized spacial score (nSPS) is 19.9. The predicted molar refractivity (Wildman–Crippen MR) is 352 cm³/mol. The number of amides is 4. The largest absolute Gasteiger partial charge is 0.455 e. The molecule has 2 aromatic heterocycles. The number of nitro benzene ring substituents is 1. The van der Waals surface area contributed by atoms with E-state index in [1.165, 1.54) is 35.0 Å². The standard InChI is InChI=1S/C69H82ClN11O9S/c1-69(2)27-21-50(58(41-69)48-11-13-51(70)14-12-48)44-77-34-36-79(37-35-77)53-15-17-57(63(39-53)90-54-38-49-22-28-71-65(49)73-43-54)66(83)75-91(88,89)55-16-18-60(62(40-55)81(86)87)72-42-46-23-32-78(33-24-46)52-25-30-76(31-26-52)29-6-4-3-5-8-47-9-7-10-56-59(47)45-80(68(56)85)61-19-20-64(82)74-67(61)84/h7,9-18,22,28,38-40,43,46,52,61,72H,3-6,8,19-21,23-27,29-37,41-42,44-45H2,1-2H3,(H,71,73)(H,75,83)(H,74,82,84). The number of sulfonamides is 1. The van der Waals surface area contributed by atoms with Crippen LogP contribution in [0.25, 0.3) is 16.6 Å². The number of benzene rings is 4. The number of aromatic amines is 1. The lowest BCUT2D eigenvalue weighted by Crippen LogP contribution is -2.52. The van der Waals surface area contributed by atoms with E-state index in [9.17, 15) is 37.7 Å². The van der Waals surface area contributed by atoms with Crippen molar-refractivity contribution in [2.45, 2.75) is 127 Å². The Morgan fingerprint density at radius 1 is 0.846 bits per heavy atom. The van der Waals surface area contributed by atoms with Gasteiger partial charge in [-0.1, -0.05) is 68.1 Å². The molecule has 1 aliphatic carbocycles. The zero-order valence-corrected chi connectivity index (χ0v) is 53.6. The zero-order chi connectivity index (χ0) is 63.4. The van der Waals surface area contributed by atoms with Crippen LogP contribution in [0.5, 0.6) is 11.5 Å². The average molecular weight is 1280 g/mol. The van der Waals surface area contributed by atoms with Gasteiger partial charge < -0.3 is 34.6 Å². The van der Waals surface area contributed by atoms with Crippen LogP contribution < -0.4 is 25.0 Å². The number of anilines is 2. The summed E-state index contributed by atoms with van der Waals surface area (Å²) in [4.78, 5) is 82.3. The summed E-state index contributed by atoms with van der Waals surface area (Å²) >= 11 is 6.28. The maximum absolute atomic E-state index is 14.2. The second-order valence-corrected chi connectivity index (χ2v) is 28.5. The number of nitrogens with zero attached hydrogens (tertiary/aromatic N) is 7. The Bertz CT molecular complexity index is 3850. The number of carbonyl (C=O) groups is 4. The Balaban J connectivity index is 0.603. The number of aromatic nitrogens is 2. The van der Waals surface area contributed by atoms with Crippen LogP contribution in [-0.4, -0.2) is 151 Å². The fourth-order valence-corrected chi connectivity index (χ4v) is 15.5. The summed E-state index contributed by atoms with van der Waals surface area (Å²) in [6, 6.07) is 26.4. The first-order valence-electron chi connectivity index (χ1n) is 32.4. The highest BCUT2D eigenvalue weighted by Crippen LogP contribution is 2.44. The third-order valence-electron chi connectivity index (χ3n) is 19.7. The molecular formula is C69H82ClN11O9S. The van der Waals surface area contributed by atoms with Gasteiger partial charge in [-0.15, -0.1) is 0 Å². The van der Waals surface area contributed by atoms with Crippen LogP contribution in [0.15, 0.2) is 114 Å². The Hall–Kier alpha value is -7.69. The minimum absolute atomic E-state index is 0.0416. The van der Waals surface area contributed by atoms with Crippen LogP contribution in [-0.2, 0) is 32.6 Å². The maximum Gasteiger partial charge on any atom is 0.293 e. The van der Waals surface area contributed by atoms with Gasteiger partial charge in [0.25, 0.3) is 27.5 Å². The molecular weight excluding hydrogens is 1190 g/mol. The topological polar surface area (TPSA) is 236 Å². The van der Waals surface area contributed by atoms with E-state index >= 15 is 0 Å². The number of pyridine rings is 1. The van der Waals surface area contributed by atoms with Crippen molar-refractivity contribution in [2.24, 2.45) is 11.3 Å². The van der Waals surface area contributed by atoms with Crippen molar-refractivity contribution in [2.75, 3.05) is 82.2 Å². The number of unbranched alkanes of at least 4 members (excludes halogenated alkanes) is 3. The van der Waals surface area contributed by atoms with E-state index in [0.717, 1.165) is 163 Å². The van der Waals surface area contributed by atoms with Gasteiger partial charge >= 0.3 is 0 Å². The van der Waals surface area contributed by atoms with Crippen LogP contribution in [0.2, 0.25) is 5.02 Å². The first-order chi connectivity index (χ1) is 43.9. The first-order valence-corrected chi connectivity index (χ1v) is 34.3. The summed E-state index contributed by atoms with van der Waals surface area (Å²) in [6.45, 7) is 14.6. The monoisotopic (exact) mass is 1280 g/mol. The van der Waals surface area contributed by atoms with E-state index in [0.29, 0.717) is 55.6 Å². The zero-order valence-electron chi connectivity index (χ0n) is 52.0. The van der Waals surface area contributed by atoms with Crippen LogP contribution in [0.3, 0.4) is 0 Å². The molecule has 480 valence electrons. The average Bonchev–Trinajstić information content (AvgIpc) is 1.77. The molecule has 20 nitrogen and oxygen atoms in total. The van der Waals surface area contributed by atoms with Gasteiger partial charge in [0.15, 0.2) is 0 Å². The van der Waals surface area contributed by atoms with Gasteiger partial charge in [-0.3, -0.25) is 39.5 Å². The molecule has 0 radical (unpaired) electrons. The van der Waals surface area contributed by atoms with Crippen LogP contribution in [0, 0.1) is 21.4 Å². The number of hydrogen-bond donors (Lipinski definition) is 4. The quantitative estimate of drug-likeness (QED) is 0.0214. The molecule has 0 bridgehead atoms. The summed E-state index contributed by atoms with van der Waals surface area (Å²) in [7, 11) is -4.61. The SMILES string of the molecule is CC1(C)CCC(CN2CCN(c3ccc(C(=O)NS(=O)(=O)c4ccc(NCC5CCN(C6CCN(CCCCCCc7cccc8c7CN(C7CCC(=O)NC7=O)C8=O)CC6)CC5)c([N+](=O)[O-])c4)c(Oc4cnc5[nH]ccc5c4)c3)CC2)=C(c2ccc(Cl)cc2)C1. The molecule has 4 saturated heterocycles. The molecule has 0 spiro atoms. The minimum Gasteiger partial charge on any atom is -0.455 e. The number of hydrogen-bond acceptors (Lipinski definition) is 15. The molecule has 1 unspecified atom stereocenters. The number of nitrogens with one attached hydrogen (secondary N) is 4. The van der Waals surface area contributed by atoms with Crippen LogP contribution >= 0.6 is 11.6 Å². The fraction of sp³-hybridized carbons (Fsp3) is 0.464. The lowest BCUT2D eigenvalue weighted by molar-refractivity contribution is -0.384. The molecule has 0 saturated carbocycles. The molecule has 91 heavy (non-hydrogen) atoms. The Labute approximate surface area is 537 Å². The number of carbonyl (C=O) groups excluding carboxylic acids is 4. The van der Waals surface area contributed by atoms with E-state index in [4.69, 9.17) is 16.3 Å². The van der Waals surface area contributed by atoms with Gasteiger partial charge in [-0.25, -0.2) is 18.1 Å². The number of piperidine rings is 3. The molecule has 4 amide bonds. The highest BCUT2D eigenvalue weighted by molar-refractivity contribution is 7.90. The van der Waals surface area contributed by atoms with Crippen molar-refractivity contribution in [3.05, 3.63) is 152 Å². The number of allylic oxidation sites excluding steroid dienone is 1. The van der Waals surface area contributed by atoms with Gasteiger partial charge in [0.1, 0.15) is 28.9 Å². The summed E-state index contributed by atoms with van der Waals surface area (Å²) in [6.07, 6.45) is 16.5. The van der Waals surface area contributed by atoms with Gasteiger partial charge in [0.05, 0.1) is 21.6 Å². The number of ether oxygens (including phenoxy) is 1. The molecule has 12 rings (SSSR count). The van der Waals surface area contributed by atoms with E-state index < -0.39 is 37.5 Å². The molecule has 6 aliphatic rings. The van der Waals surface area contributed by atoms with Crippen molar-refractivity contribution in [3.8, 4) is 11.5 Å². The number of H-pyrrole nitrogens is 1. The number of halogens is 1. The molecule has 22 heteroatoms. The van der Waals surface area contributed by atoms with Gasteiger partial charge in [0.2, 0.25) is 11.8 Å². The smallest absolute Gasteiger partial charge is 0.293 e. The van der Waals surface area contributed by atoms with Crippen LogP contribution in [0.4, 0.5) is 17.1 Å². The number of nitro groups is 1. The predicted octanol–water partition coefficient (Wildman–Crippen LogP) is 11.0. The molecule has 6 aromatic rings. The van der Waals surface area contributed by atoms with Crippen LogP contribution in [0.1, 0.15) is 135 Å².